The number of methoxy groups -OCH3 is 1. The molecule has 1 aromatic heterocycles. The molecule has 1 fully saturated rings. The Morgan fingerprint density at radius 1 is 1.13 bits per heavy atom. The number of aromatic nitrogens is 1. The van der Waals surface area contributed by atoms with E-state index in [1.54, 1.807) is 36.4 Å². The monoisotopic (exact) mass is 529 g/mol. The molecule has 202 valence electrons. The van der Waals surface area contributed by atoms with Gasteiger partial charge < -0.3 is 30.7 Å². The summed E-state index contributed by atoms with van der Waals surface area (Å²) in [6, 6.07) is 13.0. The van der Waals surface area contributed by atoms with Crippen LogP contribution in [0.15, 0.2) is 54.7 Å². The van der Waals surface area contributed by atoms with Gasteiger partial charge in [0, 0.05) is 43.5 Å². The molecule has 3 aromatic rings. The zero-order valence-electron chi connectivity index (χ0n) is 21.1. The third kappa shape index (κ3) is 6.65. The van der Waals surface area contributed by atoms with Crippen LogP contribution in [0.1, 0.15) is 34.3 Å². The molecule has 1 aliphatic rings. The maximum Gasteiger partial charge on any atom is 0.419 e. The van der Waals surface area contributed by atoms with Crippen molar-refractivity contribution in [3.8, 4) is 11.5 Å². The molecule has 4 rings (SSSR count). The lowest BCUT2D eigenvalue weighted by Gasteiger charge is -2.29. The van der Waals surface area contributed by atoms with Crippen LogP contribution in [0.3, 0.4) is 0 Å². The van der Waals surface area contributed by atoms with Crippen LogP contribution >= 0.6 is 0 Å². The van der Waals surface area contributed by atoms with Gasteiger partial charge in [-0.25, -0.2) is 4.98 Å². The summed E-state index contributed by atoms with van der Waals surface area (Å²) in [6.45, 7) is 1.88. The number of benzene rings is 2. The zero-order chi connectivity index (χ0) is 27.3. The van der Waals surface area contributed by atoms with Gasteiger partial charge in [0.25, 0.3) is 0 Å². The van der Waals surface area contributed by atoms with Crippen molar-refractivity contribution in [2.45, 2.75) is 31.7 Å². The molecule has 1 aliphatic heterocycles. The molecule has 2 heterocycles. The number of pyridine rings is 1. The minimum atomic E-state index is -4.64. The minimum absolute atomic E-state index is 0.0437. The highest BCUT2D eigenvalue weighted by atomic mass is 19.4. The van der Waals surface area contributed by atoms with Crippen molar-refractivity contribution in [2.75, 3.05) is 37.9 Å². The highest BCUT2D eigenvalue weighted by Gasteiger charge is 2.34. The van der Waals surface area contributed by atoms with Crippen LogP contribution in [0, 0.1) is 0 Å². The van der Waals surface area contributed by atoms with Gasteiger partial charge in [0.2, 0.25) is 5.91 Å². The number of likely N-dealkylation sites (tertiary alicyclic amines) is 1. The number of halogens is 3. The predicted octanol–water partition coefficient (Wildman–Crippen LogP) is 5.04. The van der Waals surface area contributed by atoms with Crippen LogP contribution in [0.25, 0.3) is 0 Å². The van der Waals surface area contributed by atoms with Crippen molar-refractivity contribution < 1.29 is 27.4 Å². The zero-order valence-corrected chi connectivity index (χ0v) is 21.1. The molecule has 1 amide bonds. The summed E-state index contributed by atoms with van der Waals surface area (Å²) in [6.07, 6.45) is -1.92. The van der Waals surface area contributed by atoms with Gasteiger partial charge in [-0.3, -0.25) is 4.79 Å². The van der Waals surface area contributed by atoms with Gasteiger partial charge in [0.1, 0.15) is 23.4 Å². The lowest BCUT2D eigenvalue weighted by Crippen LogP contribution is -2.35. The number of carbonyl (C=O) groups is 1. The first-order valence-electron chi connectivity index (χ1n) is 12.1. The Labute approximate surface area is 218 Å². The van der Waals surface area contributed by atoms with Gasteiger partial charge in [0.15, 0.2) is 0 Å². The molecule has 0 aliphatic carbocycles. The van der Waals surface area contributed by atoms with Crippen molar-refractivity contribution >= 4 is 23.1 Å². The maximum atomic E-state index is 13.7. The van der Waals surface area contributed by atoms with E-state index < -0.39 is 17.6 Å². The smallest absolute Gasteiger partial charge is 0.419 e. The maximum absolute atomic E-state index is 13.7. The van der Waals surface area contributed by atoms with E-state index >= 15 is 0 Å². The molecule has 0 unspecified atom stereocenters. The fourth-order valence-corrected chi connectivity index (χ4v) is 4.28. The first kappa shape index (κ1) is 27.1. The SMILES string of the molecule is COc1cc(OC2CCN(C)CC2)ccc1Nc1cc(NCc2ccccc2C(N)=O)c(C(F)(F)F)cn1. The van der Waals surface area contributed by atoms with Gasteiger partial charge >= 0.3 is 6.18 Å². The standard InChI is InChI=1S/C27H30F3N5O3/c1-35-11-9-18(10-12-35)38-19-7-8-22(24(13-19)37-2)34-25-14-23(21(16-33-25)27(28,29)30)32-15-17-5-3-4-6-20(17)26(31)36/h3-8,13-14,16,18H,9-12,15H2,1-2H3,(H2,31,36)(H2,32,33,34). The van der Waals surface area contributed by atoms with Crippen molar-refractivity contribution in [1.82, 2.24) is 9.88 Å². The van der Waals surface area contributed by atoms with Crippen LogP contribution in [0.4, 0.5) is 30.4 Å². The number of anilines is 3. The van der Waals surface area contributed by atoms with E-state index in [1.165, 1.54) is 19.2 Å². The van der Waals surface area contributed by atoms with E-state index in [9.17, 15) is 18.0 Å². The van der Waals surface area contributed by atoms with Crippen LogP contribution in [0.5, 0.6) is 11.5 Å². The molecule has 1 saturated heterocycles. The Kier molecular flexibility index (Phi) is 8.26. The summed E-state index contributed by atoms with van der Waals surface area (Å²) in [5.41, 5.74) is 5.48. The average Bonchev–Trinajstić information content (AvgIpc) is 2.89. The Morgan fingerprint density at radius 3 is 2.55 bits per heavy atom. The largest absolute Gasteiger partial charge is 0.494 e. The number of ether oxygens (including phenoxy) is 2. The van der Waals surface area contributed by atoms with Crippen LogP contribution in [0.2, 0.25) is 0 Å². The molecule has 0 spiro atoms. The summed E-state index contributed by atoms with van der Waals surface area (Å²) in [5, 5.41) is 5.81. The number of hydrogen-bond donors (Lipinski definition) is 3. The second-order valence-electron chi connectivity index (χ2n) is 9.10. The highest BCUT2D eigenvalue weighted by molar-refractivity contribution is 5.94. The third-order valence-electron chi connectivity index (χ3n) is 6.37. The number of hydrogen-bond acceptors (Lipinski definition) is 7. The molecule has 0 saturated carbocycles. The Hall–Kier alpha value is -3.99. The first-order valence-corrected chi connectivity index (χ1v) is 12.1. The Morgan fingerprint density at radius 2 is 1.87 bits per heavy atom. The van der Waals surface area contributed by atoms with E-state index in [2.05, 4.69) is 27.6 Å². The molecule has 0 radical (unpaired) electrons. The fourth-order valence-electron chi connectivity index (χ4n) is 4.28. The lowest BCUT2D eigenvalue weighted by molar-refractivity contribution is -0.137. The number of nitrogens with zero attached hydrogens (tertiary/aromatic N) is 2. The van der Waals surface area contributed by atoms with Crippen LogP contribution in [-0.4, -0.2) is 49.1 Å². The van der Waals surface area contributed by atoms with E-state index in [1.807, 2.05) is 0 Å². The van der Waals surface area contributed by atoms with Crippen molar-refractivity contribution in [2.24, 2.45) is 5.73 Å². The van der Waals surface area contributed by atoms with Crippen molar-refractivity contribution in [3.63, 3.8) is 0 Å². The van der Waals surface area contributed by atoms with Gasteiger partial charge in [-0.1, -0.05) is 18.2 Å². The number of rotatable bonds is 9. The van der Waals surface area contributed by atoms with E-state index in [0.29, 0.717) is 22.7 Å². The molecular formula is C27H30F3N5O3. The molecular weight excluding hydrogens is 499 g/mol. The topological polar surface area (TPSA) is 102 Å². The number of primary amides is 1. The summed E-state index contributed by atoms with van der Waals surface area (Å²) in [5.74, 6) is 0.622. The quantitative estimate of drug-likeness (QED) is 0.357. The molecule has 4 N–H and O–H groups in total. The Balaban J connectivity index is 1.54. The van der Waals surface area contributed by atoms with Gasteiger partial charge in [-0.2, -0.15) is 13.2 Å². The number of carbonyl (C=O) groups excluding carboxylic acids is 1. The molecule has 0 atom stereocenters. The number of alkyl halides is 3. The summed E-state index contributed by atoms with van der Waals surface area (Å²) in [4.78, 5) is 17.9. The van der Waals surface area contributed by atoms with Gasteiger partial charge in [-0.05, 0) is 43.7 Å². The Bertz CT molecular complexity index is 1280. The lowest BCUT2D eigenvalue weighted by atomic mass is 10.1. The second kappa shape index (κ2) is 11.6. The molecule has 8 nitrogen and oxygen atoms in total. The van der Waals surface area contributed by atoms with Gasteiger partial charge in [-0.15, -0.1) is 0 Å². The van der Waals surface area contributed by atoms with Crippen molar-refractivity contribution in [3.05, 3.63) is 71.4 Å². The minimum Gasteiger partial charge on any atom is -0.494 e. The van der Waals surface area contributed by atoms with Crippen molar-refractivity contribution in [1.29, 1.82) is 0 Å². The number of nitrogens with two attached hydrogens (primary N) is 1. The van der Waals surface area contributed by atoms with E-state index in [0.717, 1.165) is 32.1 Å². The molecule has 0 bridgehead atoms. The molecule has 38 heavy (non-hydrogen) atoms. The number of amides is 1. The summed E-state index contributed by atoms with van der Waals surface area (Å²) >= 11 is 0. The average molecular weight is 530 g/mol. The number of piperidine rings is 1. The molecule has 2 aromatic carbocycles. The van der Waals surface area contributed by atoms with Gasteiger partial charge in [0.05, 0.1) is 24.0 Å². The highest BCUT2D eigenvalue weighted by Crippen LogP contribution is 2.37. The normalized spacial score (nSPS) is 14.7. The van der Waals surface area contributed by atoms with E-state index in [-0.39, 0.29) is 29.7 Å². The van der Waals surface area contributed by atoms with E-state index in [4.69, 9.17) is 15.2 Å². The first-order chi connectivity index (χ1) is 18.1. The fraction of sp³-hybridized carbons (Fsp3) is 0.333. The predicted molar refractivity (Wildman–Crippen MR) is 139 cm³/mol. The number of nitrogens with one attached hydrogen (secondary N) is 2. The summed E-state index contributed by atoms with van der Waals surface area (Å²) < 4.78 is 52.7. The second-order valence-corrected chi connectivity index (χ2v) is 9.10. The molecule has 11 heteroatoms. The van der Waals surface area contributed by atoms with Crippen LogP contribution < -0.4 is 25.8 Å². The summed E-state index contributed by atoms with van der Waals surface area (Å²) in [7, 11) is 3.58. The third-order valence-corrected chi connectivity index (χ3v) is 6.37. The van der Waals surface area contributed by atoms with Crippen LogP contribution in [-0.2, 0) is 12.7 Å².